The van der Waals surface area contributed by atoms with Crippen molar-refractivity contribution in [2.75, 3.05) is 24.9 Å². The van der Waals surface area contributed by atoms with Crippen LogP contribution in [0.25, 0.3) is 10.2 Å². The van der Waals surface area contributed by atoms with Crippen molar-refractivity contribution in [1.82, 2.24) is 4.98 Å². The maximum absolute atomic E-state index is 12.7. The number of carbonyl (C=O) groups excluding carboxylic acids is 2. The number of ether oxygens (including phenoxy) is 2. The van der Waals surface area contributed by atoms with Crippen LogP contribution < -0.4 is 20.1 Å². The Labute approximate surface area is 184 Å². The SMILES string of the molecule is COc1ccc(C(=O)Nc2ccc3sc(NC(=O)C4CCCCC4)nc3c2)cc1OC. The highest BCUT2D eigenvalue weighted by Gasteiger charge is 2.22. The molecule has 8 heteroatoms. The number of hydrogen-bond acceptors (Lipinski definition) is 6. The number of benzene rings is 2. The van der Waals surface area contributed by atoms with Crippen LogP contribution in [0.15, 0.2) is 36.4 Å². The highest BCUT2D eigenvalue weighted by Crippen LogP contribution is 2.31. The number of anilines is 2. The van der Waals surface area contributed by atoms with Gasteiger partial charge in [0.25, 0.3) is 5.91 Å². The van der Waals surface area contributed by atoms with Crippen LogP contribution in [0.5, 0.6) is 11.5 Å². The summed E-state index contributed by atoms with van der Waals surface area (Å²) in [5.41, 5.74) is 1.81. The van der Waals surface area contributed by atoms with E-state index in [1.165, 1.54) is 24.9 Å². The molecular weight excluding hydrogens is 414 g/mol. The van der Waals surface area contributed by atoms with Gasteiger partial charge in [-0.05, 0) is 49.2 Å². The van der Waals surface area contributed by atoms with Crippen LogP contribution in [0.2, 0.25) is 0 Å². The van der Waals surface area contributed by atoms with E-state index < -0.39 is 0 Å². The number of hydrogen-bond donors (Lipinski definition) is 2. The van der Waals surface area contributed by atoms with Gasteiger partial charge in [0.05, 0.1) is 24.4 Å². The first-order valence-corrected chi connectivity index (χ1v) is 11.1. The van der Waals surface area contributed by atoms with Crippen molar-refractivity contribution in [1.29, 1.82) is 0 Å². The Morgan fingerprint density at radius 3 is 2.48 bits per heavy atom. The second-order valence-corrected chi connectivity index (χ2v) is 8.58. The number of fused-ring (bicyclic) bond motifs is 1. The lowest BCUT2D eigenvalue weighted by Crippen LogP contribution is -2.24. The molecule has 2 aromatic carbocycles. The molecule has 0 spiro atoms. The Morgan fingerprint density at radius 2 is 1.74 bits per heavy atom. The maximum atomic E-state index is 12.7. The average Bonchev–Trinajstić information content (AvgIpc) is 3.20. The van der Waals surface area contributed by atoms with Crippen molar-refractivity contribution >= 4 is 44.2 Å². The molecule has 2 amide bonds. The zero-order valence-electron chi connectivity index (χ0n) is 17.6. The summed E-state index contributed by atoms with van der Waals surface area (Å²) in [5, 5.41) is 6.44. The van der Waals surface area contributed by atoms with E-state index in [1.54, 1.807) is 31.4 Å². The average molecular weight is 440 g/mol. The molecule has 4 rings (SSSR count). The van der Waals surface area contributed by atoms with Gasteiger partial charge in [-0.25, -0.2) is 4.98 Å². The van der Waals surface area contributed by atoms with Gasteiger partial charge in [-0.3, -0.25) is 9.59 Å². The largest absolute Gasteiger partial charge is 0.493 e. The fraction of sp³-hybridized carbons (Fsp3) is 0.348. The number of methoxy groups -OCH3 is 2. The van der Waals surface area contributed by atoms with Gasteiger partial charge in [-0.15, -0.1) is 0 Å². The maximum Gasteiger partial charge on any atom is 0.255 e. The molecule has 0 bridgehead atoms. The van der Waals surface area contributed by atoms with Crippen LogP contribution in [0.4, 0.5) is 10.8 Å². The number of amides is 2. The molecule has 2 N–H and O–H groups in total. The van der Waals surface area contributed by atoms with E-state index >= 15 is 0 Å². The van der Waals surface area contributed by atoms with Crippen molar-refractivity contribution in [3.05, 3.63) is 42.0 Å². The Morgan fingerprint density at radius 1 is 0.968 bits per heavy atom. The quantitative estimate of drug-likeness (QED) is 0.559. The molecule has 7 nitrogen and oxygen atoms in total. The summed E-state index contributed by atoms with van der Waals surface area (Å²) in [5.74, 6) is 0.924. The summed E-state index contributed by atoms with van der Waals surface area (Å²) in [4.78, 5) is 29.7. The predicted octanol–water partition coefficient (Wildman–Crippen LogP) is 5.08. The normalized spacial score (nSPS) is 14.3. The third-order valence-corrected chi connectivity index (χ3v) is 6.45. The molecule has 1 heterocycles. The van der Waals surface area contributed by atoms with Gasteiger partial charge in [0.15, 0.2) is 16.6 Å². The van der Waals surface area contributed by atoms with Gasteiger partial charge in [0, 0.05) is 17.2 Å². The Balaban J connectivity index is 1.46. The lowest BCUT2D eigenvalue weighted by Gasteiger charge is -2.19. The standard InChI is InChI=1S/C23H25N3O4S/c1-29-18-10-8-15(12-19(18)30-2)22(28)24-16-9-11-20-17(13-16)25-23(31-20)26-21(27)14-6-4-3-5-7-14/h8-14H,3-7H2,1-2H3,(H,24,28)(H,25,26,27). The highest BCUT2D eigenvalue weighted by molar-refractivity contribution is 7.22. The van der Waals surface area contributed by atoms with E-state index in [-0.39, 0.29) is 17.7 Å². The predicted molar refractivity (Wildman–Crippen MR) is 122 cm³/mol. The van der Waals surface area contributed by atoms with Crippen LogP contribution in [0, 0.1) is 5.92 Å². The smallest absolute Gasteiger partial charge is 0.255 e. The van der Waals surface area contributed by atoms with Gasteiger partial charge >= 0.3 is 0 Å². The minimum Gasteiger partial charge on any atom is -0.493 e. The van der Waals surface area contributed by atoms with Crippen molar-refractivity contribution in [3.63, 3.8) is 0 Å². The Hall–Kier alpha value is -3.13. The number of rotatable bonds is 6. The number of carbonyl (C=O) groups is 2. The Bertz CT molecular complexity index is 1110. The van der Waals surface area contributed by atoms with Crippen LogP contribution in [-0.4, -0.2) is 31.0 Å². The van der Waals surface area contributed by atoms with E-state index in [0.717, 1.165) is 35.9 Å². The summed E-state index contributed by atoms with van der Waals surface area (Å²) in [6.45, 7) is 0. The summed E-state index contributed by atoms with van der Waals surface area (Å²) in [6, 6.07) is 10.5. The second-order valence-electron chi connectivity index (χ2n) is 7.55. The zero-order chi connectivity index (χ0) is 21.8. The van der Waals surface area contributed by atoms with E-state index in [2.05, 4.69) is 15.6 Å². The summed E-state index contributed by atoms with van der Waals surface area (Å²) in [6.07, 6.45) is 5.33. The molecule has 0 radical (unpaired) electrons. The van der Waals surface area contributed by atoms with Crippen molar-refractivity contribution in [3.8, 4) is 11.5 Å². The first-order chi connectivity index (χ1) is 15.1. The van der Waals surface area contributed by atoms with Crippen molar-refractivity contribution < 1.29 is 19.1 Å². The number of nitrogens with one attached hydrogen (secondary N) is 2. The fourth-order valence-corrected chi connectivity index (χ4v) is 4.66. The minimum atomic E-state index is -0.263. The molecule has 0 atom stereocenters. The number of thiazole rings is 1. The molecule has 3 aromatic rings. The van der Waals surface area contributed by atoms with E-state index in [1.807, 2.05) is 12.1 Å². The fourth-order valence-electron chi connectivity index (χ4n) is 3.81. The van der Waals surface area contributed by atoms with Gasteiger partial charge < -0.3 is 20.1 Å². The molecule has 1 saturated carbocycles. The van der Waals surface area contributed by atoms with Crippen LogP contribution in [0.1, 0.15) is 42.5 Å². The topological polar surface area (TPSA) is 89.6 Å². The molecule has 1 aliphatic rings. The minimum absolute atomic E-state index is 0.0562. The third-order valence-electron chi connectivity index (χ3n) is 5.50. The third kappa shape index (κ3) is 4.80. The molecule has 0 saturated heterocycles. The van der Waals surface area contributed by atoms with Crippen molar-refractivity contribution in [2.24, 2.45) is 5.92 Å². The van der Waals surface area contributed by atoms with Gasteiger partial charge in [0.2, 0.25) is 5.91 Å². The highest BCUT2D eigenvalue weighted by atomic mass is 32.1. The number of nitrogens with zero attached hydrogens (tertiary/aromatic N) is 1. The van der Waals surface area contributed by atoms with Crippen LogP contribution in [-0.2, 0) is 4.79 Å². The van der Waals surface area contributed by atoms with E-state index in [0.29, 0.717) is 27.9 Å². The Kier molecular flexibility index (Phi) is 6.36. The van der Waals surface area contributed by atoms with Gasteiger partial charge in [0.1, 0.15) is 0 Å². The van der Waals surface area contributed by atoms with Crippen LogP contribution >= 0.6 is 11.3 Å². The molecule has 1 aromatic heterocycles. The second kappa shape index (κ2) is 9.34. The number of aromatic nitrogens is 1. The first-order valence-electron chi connectivity index (χ1n) is 10.3. The lowest BCUT2D eigenvalue weighted by molar-refractivity contribution is -0.120. The van der Waals surface area contributed by atoms with Crippen LogP contribution in [0.3, 0.4) is 0 Å². The lowest BCUT2D eigenvalue weighted by atomic mass is 9.89. The summed E-state index contributed by atoms with van der Waals surface area (Å²) in [7, 11) is 3.08. The van der Waals surface area contributed by atoms with Gasteiger partial charge in [-0.2, -0.15) is 0 Å². The molecule has 0 unspecified atom stereocenters. The molecule has 31 heavy (non-hydrogen) atoms. The van der Waals surface area contributed by atoms with Gasteiger partial charge in [-0.1, -0.05) is 30.6 Å². The molecule has 1 aliphatic carbocycles. The molecule has 162 valence electrons. The molecular formula is C23H25N3O4S. The summed E-state index contributed by atoms with van der Waals surface area (Å²) < 4.78 is 11.4. The van der Waals surface area contributed by atoms with E-state index in [4.69, 9.17) is 9.47 Å². The van der Waals surface area contributed by atoms with E-state index in [9.17, 15) is 9.59 Å². The first kappa shape index (κ1) is 21.1. The molecule has 0 aliphatic heterocycles. The van der Waals surface area contributed by atoms with Crippen molar-refractivity contribution in [2.45, 2.75) is 32.1 Å². The molecule has 1 fully saturated rings. The summed E-state index contributed by atoms with van der Waals surface area (Å²) >= 11 is 1.44. The zero-order valence-corrected chi connectivity index (χ0v) is 18.4. The monoisotopic (exact) mass is 439 g/mol.